The van der Waals surface area contributed by atoms with Crippen molar-refractivity contribution in [2.75, 3.05) is 5.73 Å². The van der Waals surface area contributed by atoms with Gasteiger partial charge in [-0.15, -0.1) is 0 Å². The van der Waals surface area contributed by atoms with Crippen LogP contribution < -0.4 is 5.73 Å². The predicted octanol–water partition coefficient (Wildman–Crippen LogP) is 2.71. The molecule has 0 aromatic carbocycles. The Kier molecular flexibility index (Phi) is 3.69. The summed E-state index contributed by atoms with van der Waals surface area (Å²) >= 11 is 0. The van der Waals surface area contributed by atoms with Crippen LogP contribution in [0.4, 0.5) is 5.69 Å². The number of rotatable bonds is 5. The molecule has 98 valence electrons. The average molecular weight is 247 g/mol. The maximum absolute atomic E-state index is 6.05. The SMILES string of the molecule is CCC(CC)n1cc(N)c(-c2cnn(CC)c2)n1. The fraction of sp³-hybridized carbons (Fsp3) is 0.538. The lowest BCUT2D eigenvalue weighted by atomic mass is 10.2. The lowest BCUT2D eigenvalue weighted by molar-refractivity contribution is 0.429. The summed E-state index contributed by atoms with van der Waals surface area (Å²) in [5.74, 6) is 0. The van der Waals surface area contributed by atoms with Crippen LogP contribution in [0.2, 0.25) is 0 Å². The van der Waals surface area contributed by atoms with E-state index < -0.39 is 0 Å². The van der Waals surface area contributed by atoms with Crippen LogP contribution in [0.25, 0.3) is 11.3 Å². The maximum Gasteiger partial charge on any atom is 0.118 e. The van der Waals surface area contributed by atoms with Crippen LogP contribution >= 0.6 is 0 Å². The zero-order valence-electron chi connectivity index (χ0n) is 11.3. The molecule has 0 aliphatic heterocycles. The molecule has 0 spiro atoms. The summed E-state index contributed by atoms with van der Waals surface area (Å²) < 4.78 is 3.86. The molecule has 0 aliphatic rings. The molecule has 5 nitrogen and oxygen atoms in total. The van der Waals surface area contributed by atoms with Gasteiger partial charge >= 0.3 is 0 Å². The van der Waals surface area contributed by atoms with E-state index in [0.717, 1.165) is 36.3 Å². The van der Waals surface area contributed by atoms with Crippen LogP contribution in [-0.4, -0.2) is 19.6 Å². The molecular weight excluding hydrogens is 226 g/mol. The molecule has 0 saturated carbocycles. The predicted molar refractivity (Wildman–Crippen MR) is 73.2 cm³/mol. The highest BCUT2D eigenvalue weighted by atomic mass is 15.3. The molecule has 5 heteroatoms. The molecule has 0 amide bonds. The zero-order chi connectivity index (χ0) is 13.1. The van der Waals surface area contributed by atoms with Crippen molar-refractivity contribution in [3.8, 4) is 11.3 Å². The first-order valence-electron chi connectivity index (χ1n) is 6.57. The van der Waals surface area contributed by atoms with Crippen molar-refractivity contribution in [2.45, 2.75) is 46.2 Å². The molecule has 0 bridgehead atoms. The van der Waals surface area contributed by atoms with Gasteiger partial charge in [-0.1, -0.05) is 13.8 Å². The molecule has 2 rings (SSSR count). The molecule has 0 saturated heterocycles. The summed E-state index contributed by atoms with van der Waals surface area (Å²) in [7, 11) is 0. The molecule has 0 radical (unpaired) electrons. The van der Waals surface area contributed by atoms with Gasteiger partial charge in [0.1, 0.15) is 5.69 Å². The number of aryl methyl sites for hydroxylation is 1. The van der Waals surface area contributed by atoms with Gasteiger partial charge in [-0.05, 0) is 19.8 Å². The summed E-state index contributed by atoms with van der Waals surface area (Å²) in [6.45, 7) is 7.25. The van der Waals surface area contributed by atoms with Gasteiger partial charge in [0, 0.05) is 24.5 Å². The molecular formula is C13H21N5. The van der Waals surface area contributed by atoms with E-state index in [4.69, 9.17) is 5.73 Å². The summed E-state index contributed by atoms with van der Waals surface area (Å²) in [5.41, 5.74) is 8.59. The molecule has 2 N–H and O–H groups in total. The number of hydrogen-bond acceptors (Lipinski definition) is 3. The standard InChI is InChI=1S/C13H21N5/c1-4-11(5-2)18-9-12(14)13(16-18)10-7-15-17(6-3)8-10/h7-9,11H,4-6,14H2,1-3H3. The van der Waals surface area contributed by atoms with Crippen molar-refractivity contribution < 1.29 is 0 Å². The second kappa shape index (κ2) is 5.25. The second-order valence-electron chi connectivity index (χ2n) is 4.47. The minimum absolute atomic E-state index is 0.419. The van der Waals surface area contributed by atoms with E-state index in [2.05, 4.69) is 31.0 Å². The lowest BCUT2D eigenvalue weighted by Crippen LogP contribution is -2.07. The molecule has 2 heterocycles. The van der Waals surface area contributed by atoms with Crippen molar-refractivity contribution in [1.82, 2.24) is 19.6 Å². The molecule has 0 atom stereocenters. The largest absolute Gasteiger partial charge is 0.396 e. The first-order chi connectivity index (χ1) is 8.69. The highest BCUT2D eigenvalue weighted by molar-refractivity contribution is 5.70. The Balaban J connectivity index is 2.34. The molecule has 0 aliphatic carbocycles. The quantitative estimate of drug-likeness (QED) is 0.883. The Morgan fingerprint density at radius 2 is 1.94 bits per heavy atom. The number of nitrogens with two attached hydrogens (primary N) is 1. The van der Waals surface area contributed by atoms with E-state index in [1.165, 1.54) is 0 Å². The van der Waals surface area contributed by atoms with Crippen molar-refractivity contribution >= 4 is 5.69 Å². The van der Waals surface area contributed by atoms with Crippen molar-refractivity contribution in [3.63, 3.8) is 0 Å². The first kappa shape index (κ1) is 12.7. The fourth-order valence-corrected chi connectivity index (χ4v) is 2.14. The van der Waals surface area contributed by atoms with Gasteiger partial charge in [-0.3, -0.25) is 9.36 Å². The Morgan fingerprint density at radius 1 is 1.22 bits per heavy atom. The average Bonchev–Trinajstić information content (AvgIpc) is 2.97. The van der Waals surface area contributed by atoms with E-state index in [9.17, 15) is 0 Å². The van der Waals surface area contributed by atoms with Crippen LogP contribution in [0, 0.1) is 0 Å². The summed E-state index contributed by atoms with van der Waals surface area (Å²) in [6.07, 6.45) is 7.85. The third-order valence-corrected chi connectivity index (χ3v) is 3.31. The minimum atomic E-state index is 0.419. The van der Waals surface area contributed by atoms with Crippen LogP contribution in [0.3, 0.4) is 0 Å². The lowest BCUT2D eigenvalue weighted by Gasteiger charge is -2.12. The number of nitrogen functional groups attached to an aromatic ring is 1. The summed E-state index contributed by atoms with van der Waals surface area (Å²) in [6, 6.07) is 0.419. The normalized spacial score (nSPS) is 11.3. The minimum Gasteiger partial charge on any atom is -0.396 e. The van der Waals surface area contributed by atoms with Gasteiger partial charge < -0.3 is 5.73 Å². The van der Waals surface area contributed by atoms with Crippen molar-refractivity contribution in [3.05, 3.63) is 18.6 Å². The third-order valence-electron chi connectivity index (χ3n) is 3.31. The van der Waals surface area contributed by atoms with E-state index in [-0.39, 0.29) is 0 Å². The van der Waals surface area contributed by atoms with E-state index in [1.54, 1.807) is 0 Å². The molecule has 18 heavy (non-hydrogen) atoms. The van der Waals surface area contributed by atoms with Crippen LogP contribution in [-0.2, 0) is 6.54 Å². The number of nitrogens with zero attached hydrogens (tertiary/aromatic N) is 4. The Labute approximate surface area is 108 Å². The van der Waals surface area contributed by atoms with E-state index >= 15 is 0 Å². The third kappa shape index (κ3) is 2.25. The highest BCUT2D eigenvalue weighted by Crippen LogP contribution is 2.26. The van der Waals surface area contributed by atoms with Gasteiger partial charge in [-0.2, -0.15) is 10.2 Å². The number of aromatic nitrogens is 4. The van der Waals surface area contributed by atoms with Gasteiger partial charge in [0.05, 0.1) is 17.9 Å². The molecule has 2 aromatic rings. The smallest absolute Gasteiger partial charge is 0.118 e. The number of anilines is 1. The summed E-state index contributed by atoms with van der Waals surface area (Å²) in [5, 5.41) is 8.87. The monoisotopic (exact) mass is 247 g/mol. The second-order valence-corrected chi connectivity index (χ2v) is 4.47. The Hall–Kier alpha value is -1.78. The van der Waals surface area contributed by atoms with Gasteiger partial charge in [0.15, 0.2) is 0 Å². The van der Waals surface area contributed by atoms with Crippen molar-refractivity contribution in [1.29, 1.82) is 0 Å². The Bertz CT molecular complexity index is 507. The molecule has 0 fully saturated rings. The van der Waals surface area contributed by atoms with Gasteiger partial charge in [0.25, 0.3) is 0 Å². The molecule has 2 aromatic heterocycles. The summed E-state index contributed by atoms with van der Waals surface area (Å²) in [4.78, 5) is 0. The van der Waals surface area contributed by atoms with Crippen LogP contribution in [0.1, 0.15) is 39.7 Å². The van der Waals surface area contributed by atoms with Gasteiger partial charge in [0.2, 0.25) is 0 Å². The topological polar surface area (TPSA) is 61.7 Å². The first-order valence-corrected chi connectivity index (χ1v) is 6.57. The number of hydrogen-bond donors (Lipinski definition) is 1. The maximum atomic E-state index is 6.05. The molecule has 0 unspecified atom stereocenters. The van der Waals surface area contributed by atoms with Gasteiger partial charge in [-0.25, -0.2) is 0 Å². The van der Waals surface area contributed by atoms with Crippen molar-refractivity contribution in [2.24, 2.45) is 0 Å². The van der Waals surface area contributed by atoms with E-state index in [1.807, 2.05) is 28.0 Å². The highest BCUT2D eigenvalue weighted by Gasteiger charge is 2.14. The van der Waals surface area contributed by atoms with E-state index in [0.29, 0.717) is 6.04 Å². The van der Waals surface area contributed by atoms with Crippen LogP contribution in [0.5, 0.6) is 0 Å². The Morgan fingerprint density at radius 3 is 2.50 bits per heavy atom. The fourth-order valence-electron chi connectivity index (χ4n) is 2.14. The zero-order valence-corrected chi connectivity index (χ0v) is 11.3. The van der Waals surface area contributed by atoms with Crippen LogP contribution in [0.15, 0.2) is 18.6 Å².